The van der Waals surface area contributed by atoms with Gasteiger partial charge in [0, 0.05) is 25.7 Å². The first-order chi connectivity index (χ1) is 42.2. The lowest BCUT2D eigenvalue weighted by Crippen LogP contribution is -2.30. The van der Waals surface area contributed by atoms with Gasteiger partial charge in [-0.15, -0.1) is 0 Å². The number of hydrogen-bond donors (Lipinski definition) is 3. The van der Waals surface area contributed by atoms with Gasteiger partial charge in [0.2, 0.25) is 0 Å². The average Bonchev–Trinajstić information content (AvgIpc) is 3.69. The number of aliphatic hydroxyl groups is 1. The molecule has 0 aromatic carbocycles. The molecular weight excluding hydrogens is 1160 g/mol. The van der Waals surface area contributed by atoms with E-state index in [4.69, 9.17) is 37.0 Å². The van der Waals surface area contributed by atoms with Crippen LogP contribution in [-0.2, 0) is 65.4 Å². The Morgan fingerprint density at radius 3 is 0.773 bits per heavy atom. The third-order valence-electron chi connectivity index (χ3n) is 15.9. The van der Waals surface area contributed by atoms with Crippen LogP contribution in [0.1, 0.15) is 344 Å². The summed E-state index contributed by atoms with van der Waals surface area (Å²) < 4.78 is 68.2. The molecule has 0 saturated carbocycles. The minimum atomic E-state index is -4.95. The van der Waals surface area contributed by atoms with Gasteiger partial charge in [-0.1, -0.05) is 292 Å². The SMILES string of the molecule is CCCCCCCCCCCC(=O)OC[C@H](COP(=O)(O)OC[C@H](O)COP(=O)(O)OC[C@@H](COC(=O)CCCCCCCCCCCC(C)C)OC(=O)CCCCCCCCCCCCCCCC(C)C)OC(=O)CCCCCCCCCCC(C)C. The zero-order valence-electron chi connectivity index (χ0n) is 57.2. The van der Waals surface area contributed by atoms with Gasteiger partial charge in [-0.3, -0.25) is 37.3 Å². The molecule has 2 unspecified atom stereocenters. The predicted molar refractivity (Wildman–Crippen MR) is 354 cm³/mol. The van der Waals surface area contributed by atoms with E-state index in [0.717, 1.165) is 108 Å². The van der Waals surface area contributed by atoms with Crippen LogP contribution in [0, 0.1) is 17.8 Å². The van der Waals surface area contributed by atoms with E-state index in [9.17, 15) is 43.2 Å². The first-order valence-electron chi connectivity index (χ1n) is 35.8. The Bertz CT molecular complexity index is 1730. The monoisotopic (exact) mass is 1300 g/mol. The van der Waals surface area contributed by atoms with Gasteiger partial charge in [0.25, 0.3) is 0 Å². The Morgan fingerprint density at radius 1 is 0.307 bits per heavy atom. The number of unbranched alkanes of at least 4 members (excludes halogenated alkanes) is 35. The molecule has 0 spiro atoms. The summed E-state index contributed by atoms with van der Waals surface area (Å²) >= 11 is 0. The van der Waals surface area contributed by atoms with E-state index < -0.39 is 97.5 Å². The lowest BCUT2D eigenvalue weighted by Gasteiger charge is -2.21. The summed E-state index contributed by atoms with van der Waals surface area (Å²) in [6.45, 7) is 11.8. The number of ether oxygens (including phenoxy) is 4. The van der Waals surface area contributed by atoms with E-state index in [1.807, 2.05) is 0 Å². The van der Waals surface area contributed by atoms with Crippen molar-refractivity contribution in [1.29, 1.82) is 0 Å². The van der Waals surface area contributed by atoms with Crippen molar-refractivity contribution in [3.63, 3.8) is 0 Å². The molecule has 0 aromatic heterocycles. The van der Waals surface area contributed by atoms with E-state index >= 15 is 0 Å². The number of aliphatic hydroxyl groups excluding tert-OH is 1. The van der Waals surface area contributed by atoms with Crippen LogP contribution < -0.4 is 0 Å². The minimum absolute atomic E-state index is 0.104. The van der Waals surface area contributed by atoms with Gasteiger partial charge in [0.1, 0.15) is 19.3 Å². The van der Waals surface area contributed by atoms with Gasteiger partial charge in [-0.25, -0.2) is 9.13 Å². The first kappa shape index (κ1) is 86.1. The number of phosphoric acid groups is 2. The largest absolute Gasteiger partial charge is 0.472 e. The third kappa shape index (κ3) is 62.8. The predicted octanol–water partition coefficient (Wildman–Crippen LogP) is 19.5. The molecule has 0 aliphatic rings. The number of rotatable bonds is 67. The fourth-order valence-corrected chi connectivity index (χ4v) is 11.9. The summed E-state index contributed by atoms with van der Waals surface area (Å²) in [5.41, 5.74) is 0. The first-order valence-corrected chi connectivity index (χ1v) is 38.8. The molecular formula is C69H134O17P2. The third-order valence-corrected chi connectivity index (χ3v) is 17.8. The second kappa shape index (κ2) is 60.0. The summed E-state index contributed by atoms with van der Waals surface area (Å²) in [5, 5.41) is 10.6. The highest BCUT2D eigenvalue weighted by Crippen LogP contribution is 2.45. The number of phosphoric ester groups is 2. The van der Waals surface area contributed by atoms with E-state index in [-0.39, 0.29) is 25.7 Å². The van der Waals surface area contributed by atoms with E-state index in [0.29, 0.717) is 25.7 Å². The van der Waals surface area contributed by atoms with Gasteiger partial charge in [-0.2, -0.15) is 0 Å². The Kier molecular flexibility index (Phi) is 58.7. The highest BCUT2D eigenvalue weighted by atomic mass is 31.2. The Balaban J connectivity index is 5.24. The summed E-state index contributed by atoms with van der Waals surface area (Å²) in [6.07, 6.45) is 43.1. The normalized spacial score (nSPS) is 14.2. The van der Waals surface area contributed by atoms with Crippen molar-refractivity contribution < 1.29 is 80.2 Å². The summed E-state index contributed by atoms with van der Waals surface area (Å²) in [7, 11) is -9.90. The summed E-state index contributed by atoms with van der Waals surface area (Å²) in [6, 6.07) is 0. The van der Waals surface area contributed by atoms with Crippen LogP contribution in [-0.4, -0.2) is 96.7 Å². The van der Waals surface area contributed by atoms with Crippen LogP contribution in [0.25, 0.3) is 0 Å². The molecule has 88 heavy (non-hydrogen) atoms. The molecule has 0 saturated heterocycles. The van der Waals surface area contributed by atoms with E-state index in [2.05, 4.69) is 48.5 Å². The van der Waals surface area contributed by atoms with Crippen molar-refractivity contribution >= 4 is 39.5 Å². The molecule has 3 N–H and O–H groups in total. The lowest BCUT2D eigenvalue weighted by atomic mass is 10.0. The van der Waals surface area contributed by atoms with Crippen LogP contribution in [0.15, 0.2) is 0 Å². The molecule has 0 aliphatic heterocycles. The Hall–Kier alpha value is -1.94. The van der Waals surface area contributed by atoms with Gasteiger partial charge in [-0.05, 0) is 43.4 Å². The Labute approximate surface area is 537 Å². The molecule has 0 bridgehead atoms. The maximum absolute atomic E-state index is 13.0. The van der Waals surface area contributed by atoms with Crippen molar-refractivity contribution in [2.45, 2.75) is 362 Å². The summed E-state index contributed by atoms with van der Waals surface area (Å²) in [5.74, 6) is 0.119. The molecule has 522 valence electrons. The van der Waals surface area contributed by atoms with Crippen LogP contribution >= 0.6 is 15.6 Å². The second-order valence-corrected chi connectivity index (χ2v) is 29.3. The molecule has 0 fully saturated rings. The zero-order chi connectivity index (χ0) is 65.2. The van der Waals surface area contributed by atoms with E-state index in [1.54, 1.807) is 0 Å². The molecule has 0 radical (unpaired) electrons. The number of carbonyl (C=O) groups excluding carboxylic acids is 4. The maximum atomic E-state index is 13.0. The fraction of sp³-hybridized carbons (Fsp3) is 0.942. The van der Waals surface area contributed by atoms with Crippen LogP contribution in [0.2, 0.25) is 0 Å². The number of hydrogen-bond acceptors (Lipinski definition) is 15. The lowest BCUT2D eigenvalue weighted by molar-refractivity contribution is -0.161. The molecule has 17 nitrogen and oxygen atoms in total. The van der Waals surface area contributed by atoms with Crippen LogP contribution in [0.4, 0.5) is 0 Å². The summed E-state index contributed by atoms with van der Waals surface area (Å²) in [4.78, 5) is 72.4. The van der Waals surface area contributed by atoms with Gasteiger partial charge in [0.15, 0.2) is 12.2 Å². The van der Waals surface area contributed by atoms with Gasteiger partial charge < -0.3 is 33.8 Å². The highest BCUT2D eigenvalue weighted by molar-refractivity contribution is 7.47. The van der Waals surface area contributed by atoms with Crippen molar-refractivity contribution in [2.75, 3.05) is 39.6 Å². The van der Waals surface area contributed by atoms with Gasteiger partial charge >= 0.3 is 39.5 Å². The van der Waals surface area contributed by atoms with Crippen molar-refractivity contribution in [1.82, 2.24) is 0 Å². The quantitative estimate of drug-likeness (QED) is 0.0222. The molecule has 0 aliphatic carbocycles. The van der Waals surface area contributed by atoms with Gasteiger partial charge in [0.05, 0.1) is 26.4 Å². The van der Waals surface area contributed by atoms with Crippen molar-refractivity contribution in [2.24, 2.45) is 17.8 Å². The zero-order valence-corrected chi connectivity index (χ0v) is 59.0. The molecule has 0 aromatic rings. The topological polar surface area (TPSA) is 237 Å². The highest BCUT2D eigenvalue weighted by Gasteiger charge is 2.30. The average molecular weight is 1300 g/mol. The van der Waals surface area contributed by atoms with Crippen LogP contribution in [0.5, 0.6) is 0 Å². The standard InChI is InChI=1S/C69H134O17P2/c1-8-9-10-11-12-19-29-36-43-50-66(71)79-56-65(86-69(74)53-46-39-32-25-24-28-35-42-49-62(6)7)59-84-88(77,78)82-55-63(70)54-81-87(75,76)83-58-64(57-80-67(72)51-44-37-30-23-18-21-27-34-41-48-61(4)5)85-68(73)52-45-38-31-22-17-15-13-14-16-20-26-33-40-47-60(2)3/h60-65,70H,8-59H2,1-7H3,(H,75,76)(H,77,78)/t63-,64-,65-/m1/s1. The smallest absolute Gasteiger partial charge is 0.462 e. The molecule has 0 heterocycles. The maximum Gasteiger partial charge on any atom is 0.472 e. The molecule has 0 amide bonds. The molecule has 19 heteroatoms. The second-order valence-electron chi connectivity index (χ2n) is 26.3. The fourth-order valence-electron chi connectivity index (χ4n) is 10.4. The minimum Gasteiger partial charge on any atom is -0.462 e. The van der Waals surface area contributed by atoms with E-state index in [1.165, 1.54) is 154 Å². The van der Waals surface area contributed by atoms with Crippen LogP contribution in [0.3, 0.4) is 0 Å². The number of carbonyl (C=O) groups is 4. The molecule has 5 atom stereocenters. The van der Waals surface area contributed by atoms with Crippen molar-refractivity contribution in [3.8, 4) is 0 Å². The number of esters is 4. The molecule has 0 rings (SSSR count). The Morgan fingerprint density at radius 2 is 0.523 bits per heavy atom. The van der Waals surface area contributed by atoms with Crippen molar-refractivity contribution in [3.05, 3.63) is 0 Å².